The number of hydrogen-bond donors (Lipinski definition) is 2. The van der Waals surface area contributed by atoms with Crippen molar-refractivity contribution in [1.82, 2.24) is 15.4 Å². The van der Waals surface area contributed by atoms with Crippen molar-refractivity contribution in [3.63, 3.8) is 0 Å². The Kier molecular flexibility index (Phi) is 6.23. The molecule has 0 aliphatic heterocycles. The number of aryl methyl sites for hydroxylation is 2. The smallest absolute Gasteiger partial charge is 0.340 e. The Labute approximate surface area is 172 Å². The minimum atomic E-state index is -0.379. The number of aromatic nitrogens is 2. The van der Waals surface area contributed by atoms with Crippen molar-refractivity contribution in [3.8, 4) is 10.6 Å². The lowest BCUT2D eigenvalue weighted by atomic mass is 10.1. The predicted molar refractivity (Wildman–Crippen MR) is 114 cm³/mol. The van der Waals surface area contributed by atoms with E-state index in [0.29, 0.717) is 34.1 Å². The first-order chi connectivity index (χ1) is 13.9. The van der Waals surface area contributed by atoms with Gasteiger partial charge in [0.25, 0.3) is 5.91 Å². The number of nitrogens with one attached hydrogen (secondary N) is 2. The van der Waals surface area contributed by atoms with Gasteiger partial charge in [0.1, 0.15) is 9.88 Å². The molecule has 1 amide bonds. The van der Waals surface area contributed by atoms with Crippen LogP contribution in [0.5, 0.6) is 0 Å². The van der Waals surface area contributed by atoms with E-state index >= 15 is 0 Å². The van der Waals surface area contributed by atoms with E-state index in [1.54, 1.807) is 27.7 Å². The number of carbonyl (C=O) groups is 2. The third-order valence-electron chi connectivity index (χ3n) is 4.34. The van der Waals surface area contributed by atoms with Crippen molar-refractivity contribution in [2.45, 2.75) is 27.7 Å². The van der Waals surface area contributed by atoms with Crippen molar-refractivity contribution in [2.75, 3.05) is 6.61 Å². The molecule has 3 aromatic rings. The van der Waals surface area contributed by atoms with Crippen LogP contribution >= 0.6 is 11.3 Å². The summed E-state index contributed by atoms with van der Waals surface area (Å²) >= 11 is 1.32. The van der Waals surface area contributed by atoms with E-state index < -0.39 is 0 Å². The first kappa shape index (κ1) is 20.5. The molecule has 0 aliphatic carbocycles. The summed E-state index contributed by atoms with van der Waals surface area (Å²) in [7, 11) is 0. The molecule has 0 unspecified atom stereocenters. The SMILES string of the molecule is CCOC(=O)c1c(C)[nH]c(/C=N/NC(=O)c2sc(-c3ccccc3)nc2C)c1C. The van der Waals surface area contributed by atoms with Crippen LogP contribution in [-0.2, 0) is 4.74 Å². The lowest BCUT2D eigenvalue weighted by Crippen LogP contribution is -2.17. The summed E-state index contributed by atoms with van der Waals surface area (Å²) in [6.07, 6.45) is 1.48. The highest BCUT2D eigenvalue weighted by Gasteiger charge is 2.19. The maximum Gasteiger partial charge on any atom is 0.340 e. The second-order valence-corrected chi connectivity index (χ2v) is 7.38. The fourth-order valence-corrected chi connectivity index (χ4v) is 3.89. The van der Waals surface area contributed by atoms with Gasteiger partial charge in [-0.1, -0.05) is 30.3 Å². The minimum absolute atomic E-state index is 0.307. The normalized spacial score (nSPS) is 11.0. The Morgan fingerprint density at radius 1 is 1.24 bits per heavy atom. The molecule has 0 radical (unpaired) electrons. The maximum atomic E-state index is 12.5. The Hall–Kier alpha value is -3.26. The molecule has 0 spiro atoms. The molecule has 0 atom stereocenters. The fourth-order valence-electron chi connectivity index (χ4n) is 2.93. The van der Waals surface area contributed by atoms with Crippen LogP contribution in [0, 0.1) is 20.8 Å². The highest BCUT2D eigenvalue weighted by atomic mass is 32.1. The van der Waals surface area contributed by atoms with E-state index in [-0.39, 0.29) is 11.9 Å². The average molecular weight is 410 g/mol. The number of carbonyl (C=O) groups excluding carboxylic acids is 2. The Morgan fingerprint density at radius 3 is 2.66 bits per heavy atom. The average Bonchev–Trinajstić information content (AvgIpc) is 3.22. The lowest BCUT2D eigenvalue weighted by molar-refractivity contribution is 0.0525. The Balaban J connectivity index is 1.73. The molecule has 3 rings (SSSR count). The summed E-state index contributed by atoms with van der Waals surface area (Å²) in [5.41, 5.74) is 6.69. The Bertz CT molecular complexity index is 1070. The zero-order valence-corrected chi connectivity index (χ0v) is 17.5. The minimum Gasteiger partial charge on any atom is -0.462 e. The summed E-state index contributed by atoms with van der Waals surface area (Å²) in [5.74, 6) is -0.707. The molecule has 0 bridgehead atoms. The molecule has 7 nitrogen and oxygen atoms in total. The molecule has 2 aromatic heterocycles. The number of benzene rings is 1. The lowest BCUT2D eigenvalue weighted by Gasteiger charge is -2.01. The monoisotopic (exact) mass is 410 g/mol. The van der Waals surface area contributed by atoms with Gasteiger partial charge < -0.3 is 9.72 Å². The summed E-state index contributed by atoms with van der Waals surface area (Å²) in [6.45, 7) is 7.46. The van der Waals surface area contributed by atoms with Gasteiger partial charge in [0, 0.05) is 11.3 Å². The molecule has 0 saturated carbocycles. The molecular weight excluding hydrogens is 388 g/mol. The van der Waals surface area contributed by atoms with Crippen LogP contribution in [0.4, 0.5) is 0 Å². The standard InChI is InChI=1S/C21H22N4O3S/c1-5-28-21(27)17-12(2)16(23-13(17)3)11-22-25-19(26)18-14(4)24-20(29-18)15-9-7-6-8-10-15/h6-11,23H,5H2,1-4H3,(H,25,26)/b22-11+. The van der Waals surface area contributed by atoms with Gasteiger partial charge >= 0.3 is 5.97 Å². The topological polar surface area (TPSA) is 96.4 Å². The summed E-state index contributed by atoms with van der Waals surface area (Å²) in [4.78, 5) is 32.7. The van der Waals surface area contributed by atoms with Gasteiger partial charge in [0.05, 0.1) is 29.8 Å². The van der Waals surface area contributed by atoms with Gasteiger partial charge in [-0.15, -0.1) is 11.3 Å². The highest BCUT2D eigenvalue weighted by molar-refractivity contribution is 7.17. The molecule has 2 heterocycles. The van der Waals surface area contributed by atoms with E-state index in [4.69, 9.17) is 4.74 Å². The number of aromatic amines is 1. The molecule has 0 saturated heterocycles. The summed E-state index contributed by atoms with van der Waals surface area (Å²) in [5, 5.41) is 4.82. The van der Waals surface area contributed by atoms with Gasteiger partial charge in [0.2, 0.25) is 0 Å². The molecule has 8 heteroatoms. The zero-order valence-electron chi connectivity index (χ0n) is 16.7. The maximum absolute atomic E-state index is 12.5. The molecule has 0 aliphatic rings. The molecular formula is C21H22N4O3S. The number of thiazole rings is 1. The number of ether oxygens (including phenoxy) is 1. The van der Waals surface area contributed by atoms with Crippen LogP contribution in [-0.4, -0.2) is 34.7 Å². The van der Waals surface area contributed by atoms with Gasteiger partial charge in [0.15, 0.2) is 0 Å². The quantitative estimate of drug-likeness (QED) is 0.365. The largest absolute Gasteiger partial charge is 0.462 e. The van der Waals surface area contributed by atoms with E-state index in [0.717, 1.165) is 16.1 Å². The van der Waals surface area contributed by atoms with Crippen molar-refractivity contribution in [1.29, 1.82) is 0 Å². The molecule has 29 heavy (non-hydrogen) atoms. The van der Waals surface area contributed by atoms with Gasteiger partial charge in [-0.05, 0) is 33.3 Å². The molecule has 1 aromatic carbocycles. The number of esters is 1. The first-order valence-corrected chi connectivity index (χ1v) is 9.96. The molecule has 2 N–H and O–H groups in total. The third-order valence-corrected chi connectivity index (χ3v) is 5.54. The number of amides is 1. The van der Waals surface area contributed by atoms with Crippen LogP contribution in [0.25, 0.3) is 10.6 Å². The second-order valence-electron chi connectivity index (χ2n) is 6.38. The first-order valence-electron chi connectivity index (χ1n) is 9.14. The Morgan fingerprint density at radius 2 is 1.97 bits per heavy atom. The van der Waals surface area contributed by atoms with Crippen LogP contribution in [0.3, 0.4) is 0 Å². The predicted octanol–water partition coefficient (Wildman–Crippen LogP) is 4.00. The van der Waals surface area contributed by atoms with Crippen LogP contribution in [0.2, 0.25) is 0 Å². The van der Waals surface area contributed by atoms with Crippen LogP contribution in [0.15, 0.2) is 35.4 Å². The van der Waals surface area contributed by atoms with Crippen LogP contribution < -0.4 is 5.43 Å². The highest BCUT2D eigenvalue weighted by Crippen LogP contribution is 2.27. The van der Waals surface area contributed by atoms with Gasteiger partial charge in [-0.3, -0.25) is 4.79 Å². The number of rotatable bonds is 6. The van der Waals surface area contributed by atoms with Crippen molar-refractivity contribution in [2.24, 2.45) is 5.10 Å². The zero-order chi connectivity index (χ0) is 21.0. The number of H-pyrrole nitrogens is 1. The molecule has 150 valence electrons. The fraction of sp³-hybridized carbons (Fsp3) is 0.238. The molecule has 0 fully saturated rings. The van der Waals surface area contributed by atoms with E-state index in [1.807, 2.05) is 30.3 Å². The number of hydrogen-bond acceptors (Lipinski definition) is 6. The number of nitrogens with zero attached hydrogens (tertiary/aromatic N) is 2. The number of hydrazone groups is 1. The van der Waals surface area contributed by atoms with Crippen molar-refractivity contribution >= 4 is 29.4 Å². The van der Waals surface area contributed by atoms with Gasteiger partial charge in [-0.2, -0.15) is 5.10 Å². The van der Waals surface area contributed by atoms with E-state index in [9.17, 15) is 9.59 Å². The van der Waals surface area contributed by atoms with Crippen LogP contribution in [0.1, 0.15) is 49.6 Å². The summed E-state index contributed by atoms with van der Waals surface area (Å²) in [6, 6.07) is 9.71. The summed E-state index contributed by atoms with van der Waals surface area (Å²) < 4.78 is 5.08. The van der Waals surface area contributed by atoms with E-state index in [2.05, 4.69) is 20.5 Å². The second kappa shape index (κ2) is 8.83. The van der Waals surface area contributed by atoms with Crippen molar-refractivity contribution in [3.05, 3.63) is 63.4 Å². The van der Waals surface area contributed by atoms with Crippen molar-refractivity contribution < 1.29 is 14.3 Å². The van der Waals surface area contributed by atoms with E-state index in [1.165, 1.54) is 17.6 Å². The van der Waals surface area contributed by atoms with Gasteiger partial charge in [-0.25, -0.2) is 15.2 Å². The third kappa shape index (κ3) is 4.43.